The lowest BCUT2D eigenvalue weighted by atomic mass is 10.1. The van der Waals surface area contributed by atoms with Crippen LogP contribution in [0, 0.1) is 10.1 Å². The first-order valence-electron chi connectivity index (χ1n) is 9.30. The molecule has 0 heterocycles. The van der Waals surface area contributed by atoms with Crippen molar-refractivity contribution in [1.29, 1.82) is 0 Å². The Morgan fingerprint density at radius 3 is 2.19 bits per heavy atom. The molecule has 0 unspecified atom stereocenters. The van der Waals surface area contributed by atoms with E-state index in [1.165, 1.54) is 14.2 Å². The molecule has 0 spiro atoms. The summed E-state index contributed by atoms with van der Waals surface area (Å²) in [5.41, 5.74) is 0.310. The van der Waals surface area contributed by atoms with Gasteiger partial charge in [0.1, 0.15) is 6.61 Å². The third-order valence-electron chi connectivity index (χ3n) is 4.33. The number of aliphatic hydroxyl groups excluding tert-OH is 1. The second-order valence-electron chi connectivity index (χ2n) is 6.52. The van der Waals surface area contributed by atoms with Gasteiger partial charge < -0.3 is 19.3 Å². The summed E-state index contributed by atoms with van der Waals surface area (Å²) in [5, 5.41) is 21.3. The molecule has 0 aromatic heterocycles. The molecular weight excluding hydrogens is 446 g/mol. The molecule has 0 amide bonds. The Hall–Kier alpha value is -2.90. The highest BCUT2D eigenvalue weighted by Gasteiger charge is 2.36. The highest BCUT2D eigenvalue weighted by atomic mass is 32.2. The molecule has 1 N–H and O–H groups in total. The van der Waals surface area contributed by atoms with E-state index in [1.807, 2.05) is 0 Å². The average molecular weight is 469 g/mol. The van der Waals surface area contributed by atoms with Crippen molar-refractivity contribution in [2.75, 3.05) is 14.2 Å². The van der Waals surface area contributed by atoms with E-state index in [4.69, 9.17) is 18.4 Å². The van der Waals surface area contributed by atoms with Crippen molar-refractivity contribution in [1.82, 2.24) is 0 Å². The predicted octanol–water partition coefficient (Wildman–Crippen LogP) is 1.78. The molecular formula is C20H23NO10S. The summed E-state index contributed by atoms with van der Waals surface area (Å²) in [6.45, 7) is -0.179. The Bertz CT molecular complexity index is 991. The quantitative estimate of drug-likeness (QED) is 0.160. The lowest BCUT2D eigenvalue weighted by Gasteiger charge is -2.24. The summed E-state index contributed by atoms with van der Waals surface area (Å²) < 4.78 is 45.4. The third-order valence-corrected chi connectivity index (χ3v) is 5.64. The highest BCUT2D eigenvalue weighted by Crippen LogP contribution is 2.22. The van der Waals surface area contributed by atoms with Crippen LogP contribution < -0.4 is 0 Å². The first-order valence-corrected chi connectivity index (χ1v) is 10.7. The van der Waals surface area contributed by atoms with Crippen molar-refractivity contribution in [3.8, 4) is 0 Å². The molecule has 0 aliphatic rings. The van der Waals surface area contributed by atoms with Crippen molar-refractivity contribution in [2.45, 2.75) is 36.4 Å². The number of carbonyl (C=O) groups is 1. The molecule has 0 aliphatic heterocycles. The van der Waals surface area contributed by atoms with Crippen LogP contribution in [0.1, 0.15) is 12.0 Å². The first-order chi connectivity index (χ1) is 15.2. The van der Waals surface area contributed by atoms with Gasteiger partial charge in [-0.25, -0.2) is 8.98 Å². The Labute approximate surface area is 184 Å². The maximum absolute atomic E-state index is 12.7. The van der Waals surface area contributed by atoms with Crippen molar-refractivity contribution in [3.63, 3.8) is 0 Å². The van der Waals surface area contributed by atoms with Crippen LogP contribution in [0.3, 0.4) is 0 Å². The summed E-state index contributed by atoms with van der Waals surface area (Å²) >= 11 is 0. The number of nitro benzene ring substituents is 1. The van der Waals surface area contributed by atoms with Crippen molar-refractivity contribution < 1.29 is 41.6 Å². The number of benzene rings is 2. The Morgan fingerprint density at radius 2 is 1.66 bits per heavy atom. The largest absolute Gasteiger partial charge is 0.459 e. The SMILES string of the molecule is COC(C[C@H](O)[C@@H](OS(=O)(=O)c1ccc([N+](=O)[O-])cc1)C(=O)OCc1ccccc1)OC. The molecule has 0 radical (unpaired) electrons. The number of nitro groups is 1. The van der Waals surface area contributed by atoms with Gasteiger partial charge in [-0.3, -0.25) is 10.1 Å². The van der Waals surface area contributed by atoms with Gasteiger partial charge in [-0.1, -0.05) is 30.3 Å². The summed E-state index contributed by atoms with van der Waals surface area (Å²) in [5.74, 6) is -1.13. The average Bonchev–Trinajstić information content (AvgIpc) is 2.80. The minimum atomic E-state index is -4.59. The molecule has 2 aromatic carbocycles. The first kappa shape index (κ1) is 25.4. The zero-order valence-corrected chi connectivity index (χ0v) is 18.1. The summed E-state index contributed by atoms with van der Waals surface area (Å²) in [7, 11) is -1.98. The molecule has 2 atom stereocenters. The van der Waals surface area contributed by atoms with E-state index >= 15 is 0 Å². The van der Waals surface area contributed by atoms with Crippen LogP contribution in [0.4, 0.5) is 5.69 Å². The van der Waals surface area contributed by atoms with Gasteiger partial charge in [0.15, 0.2) is 6.29 Å². The predicted molar refractivity (Wildman–Crippen MR) is 110 cm³/mol. The van der Waals surface area contributed by atoms with Crippen LogP contribution in [-0.2, 0) is 39.9 Å². The molecule has 2 aromatic rings. The number of carbonyl (C=O) groups excluding carboxylic acids is 1. The number of rotatable bonds is 12. The molecule has 11 nitrogen and oxygen atoms in total. The molecule has 0 saturated carbocycles. The van der Waals surface area contributed by atoms with Crippen LogP contribution >= 0.6 is 0 Å². The van der Waals surface area contributed by atoms with Gasteiger partial charge in [0.2, 0.25) is 6.10 Å². The second-order valence-corrected chi connectivity index (χ2v) is 8.09. The van der Waals surface area contributed by atoms with Crippen LogP contribution in [-0.4, -0.2) is 57.1 Å². The second kappa shape index (κ2) is 11.6. The molecule has 32 heavy (non-hydrogen) atoms. The van der Waals surface area contributed by atoms with Crippen molar-refractivity contribution in [3.05, 3.63) is 70.3 Å². The molecule has 174 valence electrons. The number of aliphatic hydroxyl groups is 1. The van der Waals surface area contributed by atoms with E-state index in [0.29, 0.717) is 5.56 Å². The van der Waals surface area contributed by atoms with Gasteiger partial charge in [0.05, 0.1) is 15.9 Å². The molecule has 2 rings (SSSR count). The number of hydrogen-bond donors (Lipinski definition) is 1. The monoisotopic (exact) mass is 469 g/mol. The minimum absolute atomic E-state index is 0.179. The van der Waals surface area contributed by atoms with E-state index in [1.54, 1.807) is 30.3 Å². The van der Waals surface area contributed by atoms with Crippen LogP contribution in [0.25, 0.3) is 0 Å². The number of esters is 1. The van der Waals surface area contributed by atoms with Gasteiger partial charge in [-0.15, -0.1) is 0 Å². The van der Waals surface area contributed by atoms with E-state index in [2.05, 4.69) is 0 Å². The van der Waals surface area contributed by atoms with Crippen LogP contribution in [0.2, 0.25) is 0 Å². The normalized spacial score (nSPS) is 13.5. The molecule has 0 aliphatic carbocycles. The van der Waals surface area contributed by atoms with E-state index in [9.17, 15) is 28.4 Å². The topological polar surface area (TPSA) is 151 Å². The fraction of sp³-hybridized carbons (Fsp3) is 0.350. The number of ether oxygens (including phenoxy) is 3. The Morgan fingerprint density at radius 1 is 1.06 bits per heavy atom. The lowest BCUT2D eigenvalue weighted by molar-refractivity contribution is -0.384. The van der Waals surface area contributed by atoms with Crippen LogP contribution in [0.5, 0.6) is 0 Å². The summed E-state index contributed by atoms with van der Waals surface area (Å²) in [4.78, 5) is 22.3. The standard InChI is InChI=1S/C20H23NO10S/c1-28-18(29-2)12-17(22)19(20(23)30-13-14-6-4-3-5-7-14)31-32(26,27)16-10-8-15(9-11-16)21(24)25/h3-11,17-19,22H,12-13H2,1-2H3/t17-,19+/m0/s1. The van der Waals surface area contributed by atoms with Gasteiger partial charge >= 0.3 is 5.97 Å². The third kappa shape index (κ3) is 7.07. The van der Waals surface area contributed by atoms with E-state index < -0.39 is 44.4 Å². The minimum Gasteiger partial charge on any atom is -0.459 e. The summed E-state index contributed by atoms with van der Waals surface area (Å²) in [6, 6.07) is 12.5. The molecule has 0 saturated heterocycles. The molecule has 0 fully saturated rings. The van der Waals surface area contributed by atoms with Crippen molar-refractivity contribution in [2.24, 2.45) is 0 Å². The highest BCUT2D eigenvalue weighted by molar-refractivity contribution is 7.86. The van der Waals surface area contributed by atoms with E-state index in [-0.39, 0.29) is 18.7 Å². The number of nitrogens with zero attached hydrogens (tertiary/aromatic N) is 1. The zero-order valence-electron chi connectivity index (χ0n) is 17.3. The molecule has 0 bridgehead atoms. The fourth-order valence-electron chi connectivity index (χ4n) is 2.61. The number of non-ortho nitro benzene ring substituents is 1. The van der Waals surface area contributed by atoms with Crippen molar-refractivity contribution >= 4 is 21.8 Å². The maximum Gasteiger partial charge on any atom is 0.339 e. The Kier molecular flexibility index (Phi) is 9.23. The van der Waals surface area contributed by atoms with Gasteiger partial charge in [0, 0.05) is 32.8 Å². The zero-order chi connectivity index (χ0) is 23.7. The number of methoxy groups -OCH3 is 2. The smallest absolute Gasteiger partial charge is 0.339 e. The maximum atomic E-state index is 12.7. The fourth-order valence-corrected chi connectivity index (χ4v) is 3.67. The van der Waals surface area contributed by atoms with Gasteiger partial charge in [0.25, 0.3) is 15.8 Å². The summed E-state index contributed by atoms with van der Waals surface area (Å²) in [6.07, 6.45) is -4.85. The lowest BCUT2D eigenvalue weighted by Crippen LogP contribution is -2.41. The number of hydrogen-bond acceptors (Lipinski definition) is 10. The van der Waals surface area contributed by atoms with Gasteiger partial charge in [-0.2, -0.15) is 8.42 Å². The van der Waals surface area contributed by atoms with Crippen LogP contribution in [0.15, 0.2) is 59.5 Å². The van der Waals surface area contributed by atoms with Gasteiger partial charge in [-0.05, 0) is 17.7 Å². The molecule has 12 heteroatoms. The van der Waals surface area contributed by atoms with E-state index in [0.717, 1.165) is 24.3 Å². The Balaban J connectivity index is 2.23.